The average molecular weight is 131 g/mol. The van der Waals surface area contributed by atoms with E-state index in [0.717, 1.165) is 12.8 Å². The van der Waals surface area contributed by atoms with Crippen molar-refractivity contribution in [3.8, 4) is 0 Å². The van der Waals surface area contributed by atoms with Gasteiger partial charge in [-0.05, 0) is 12.8 Å². The van der Waals surface area contributed by atoms with Crippen LogP contribution in [0.3, 0.4) is 0 Å². The summed E-state index contributed by atoms with van der Waals surface area (Å²) < 4.78 is 17.3. The van der Waals surface area contributed by atoms with E-state index in [4.69, 9.17) is 10.5 Å². The maximum absolute atomic E-state index is 12.1. The summed E-state index contributed by atoms with van der Waals surface area (Å²) in [4.78, 5) is 0. The Hall–Kier alpha value is -0.150. The monoisotopic (exact) mass is 131 g/mol. The maximum atomic E-state index is 12.1. The van der Waals surface area contributed by atoms with Crippen molar-refractivity contribution in [1.29, 1.82) is 0 Å². The molecule has 3 rings (SSSR count). The molecular formula is C6H10FNO. The first-order valence-electron chi connectivity index (χ1n) is 3.17. The van der Waals surface area contributed by atoms with Gasteiger partial charge in [0.2, 0.25) is 0 Å². The van der Waals surface area contributed by atoms with E-state index in [1.807, 2.05) is 0 Å². The van der Waals surface area contributed by atoms with Crippen molar-refractivity contribution in [3.63, 3.8) is 0 Å². The third-order valence-corrected chi connectivity index (χ3v) is 2.26. The van der Waals surface area contributed by atoms with Crippen LogP contribution in [0.25, 0.3) is 0 Å². The maximum Gasteiger partial charge on any atom is 0.119 e. The minimum Gasteiger partial charge on any atom is -0.370 e. The second-order valence-corrected chi connectivity index (χ2v) is 3.32. The van der Waals surface area contributed by atoms with Crippen LogP contribution < -0.4 is 5.73 Å². The fourth-order valence-corrected chi connectivity index (χ4v) is 1.87. The predicted molar refractivity (Wildman–Crippen MR) is 30.8 cm³/mol. The normalized spacial score (nSPS) is 55.3. The second kappa shape index (κ2) is 1.30. The quantitative estimate of drug-likeness (QED) is 0.552. The van der Waals surface area contributed by atoms with Crippen LogP contribution in [0.15, 0.2) is 0 Å². The number of halogens is 1. The number of hydrogen-bond donors (Lipinski definition) is 1. The molecule has 0 spiro atoms. The molecule has 2 N–H and O–H groups in total. The van der Waals surface area contributed by atoms with Gasteiger partial charge in [-0.15, -0.1) is 0 Å². The molecule has 0 radical (unpaired) electrons. The Labute approximate surface area is 53.2 Å². The van der Waals surface area contributed by atoms with Gasteiger partial charge in [-0.25, -0.2) is 4.39 Å². The highest BCUT2D eigenvalue weighted by Gasteiger charge is 2.60. The van der Waals surface area contributed by atoms with Gasteiger partial charge in [-0.3, -0.25) is 0 Å². The van der Waals surface area contributed by atoms with Crippen molar-refractivity contribution in [3.05, 3.63) is 0 Å². The standard InChI is InChI=1S/C6H10FNO/c7-3-6-1-5(8,2-6)4-9-6/h1-4,8H2. The summed E-state index contributed by atoms with van der Waals surface area (Å²) in [7, 11) is 0. The molecule has 0 amide bonds. The second-order valence-electron chi connectivity index (χ2n) is 3.32. The number of hydrogen-bond acceptors (Lipinski definition) is 2. The number of alkyl halides is 1. The predicted octanol–water partition coefficient (Wildman–Crippen LogP) is 0.216. The zero-order valence-corrected chi connectivity index (χ0v) is 5.19. The Bertz CT molecular complexity index is 142. The molecule has 2 bridgehead atoms. The van der Waals surface area contributed by atoms with Gasteiger partial charge in [0, 0.05) is 5.54 Å². The lowest BCUT2D eigenvalue weighted by Crippen LogP contribution is -2.56. The summed E-state index contributed by atoms with van der Waals surface area (Å²) in [5.41, 5.74) is 5.10. The molecule has 2 saturated heterocycles. The van der Waals surface area contributed by atoms with Gasteiger partial charge in [0.15, 0.2) is 0 Å². The highest BCUT2D eigenvalue weighted by Crippen LogP contribution is 2.49. The van der Waals surface area contributed by atoms with Crippen molar-refractivity contribution < 1.29 is 9.13 Å². The Morgan fingerprint density at radius 1 is 1.56 bits per heavy atom. The summed E-state index contributed by atoms with van der Waals surface area (Å²) in [6, 6.07) is 0. The topological polar surface area (TPSA) is 35.2 Å². The molecule has 0 aromatic heterocycles. The first-order chi connectivity index (χ1) is 4.18. The SMILES string of the molecule is NC12COC(CF)(C1)C2. The first kappa shape index (κ1) is 5.62. The molecule has 3 fully saturated rings. The zero-order valence-electron chi connectivity index (χ0n) is 5.19. The first-order valence-corrected chi connectivity index (χ1v) is 3.17. The third-order valence-electron chi connectivity index (χ3n) is 2.26. The van der Waals surface area contributed by atoms with Crippen LogP contribution in [0.5, 0.6) is 0 Å². The molecule has 2 nitrogen and oxygen atoms in total. The van der Waals surface area contributed by atoms with Crippen molar-refractivity contribution >= 4 is 0 Å². The Kier molecular flexibility index (Phi) is 0.810. The van der Waals surface area contributed by atoms with Crippen LogP contribution in [0.4, 0.5) is 4.39 Å². The molecule has 3 heteroatoms. The van der Waals surface area contributed by atoms with Crippen LogP contribution in [-0.2, 0) is 4.74 Å². The van der Waals surface area contributed by atoms with Gasteiger partial charge in [0.05, 0.1) is 6.61 Å². The van der Waals surface area contributed by atoms with Gasteiger partial charge in [-0.1, -0.05) is 0 Å². The van der Waals surface area contributed by atoms with Gasteiger partial charge in [0.1, 0.15) is 12.3 Å². The fourth-order valence-electron chi connectivity index (χ4n) is 1.87. The molecular weight excluding hydrogens is 121 g/mol. The minimum atomic E-state index is -0.450. The number of ether oxygens (including phenoxy) is 1. The number of rotatable bonds is 1. The van der Waals surface area contributed by atoms with Gasteiger partial charge in [0.25, 0.3) is 0 Å². The van der Waals surface area contributed by atoms with Gasteiger partial charge >= 0.3 is 0 Å². The van der Waals surface area contributed by atoms with E-state index in [1.54, 1.807) is 0 Å². The Morgan fingerprint density at radius 2 is 2.22 bits per heavy atom. The van der Waals surface area contributed by atoms with Crippen LogP contribution in [-0.4, -0.2) is 24.4 Å². The highest BCUT2D eigenvalue weighted by atomic mass is 19.1. The summed E-state index contributed by atoms with van der Waals surface area (Å²) in [5, 5.41) is 0. The molecule has 9 heavy (non-hydrogen) atoms. The zero-order chi connectivity index (χ0) is 6.54. The molecule has 2 heterocycles. The van der Waals surface area contributed by atoms with E-state index in [0.29, 0.717) is 6.61 Å². The van der Waals surface area contributed by atoms with Crippen molar-refractivity contribution in [2.45, 2.75) is 24.0 Å². The van der Waals surface area contributed by atoms with Crippen LogP contribution in [0.1, 0.15) is 12.8 Å². The lowest BCUT2D eigenvalue weighted by Gasteiger charge is -2.39. The summed E-state index contributed by atoms with van der Waals surface area (Å²) >= 11 is 0. The highest BCUT2D eigenvalue weighted by molar-refractivity contribution is 5.15. The van der Waals surface area contributed by atoms with E-state index < -0.39 is 5.60 Å². The van der Waals surface area contributed by atoms with Crippen molar-refractivity contribution in [2.24, 2.45) is 5.73 Å². The summed E-state index contributed by atoms with van der Waals surface area (Å²) in [6.45, 7) is 0.183. The third kappa shape index (κ3) is 0.563. The molecule has 0 aromatic rings. The van der Waals surface area contributed by atoms with Crippen molar-refractivity contribution in [1.82, 2.24) is 0 Å². The molecule has 3 aliphatic rings. The van der Waals surface area contributed by atoms with Crippen LogP contribution in [0.2, 0.25) is 0 Å². The van der Waals surface area contributed by atoms with E-state index in [2.05, 4.69) is 0 Å². The van der Waals surface area contributed by atoms with Crippen LogP contribution in [0, 0.1) is 0 Å². The summed E-state index contributed by atoms with van der Waals surface area (Å²) in [5.74, 6) is 0. The largest absolute Gasteiger partial charge is 0.370 e. The van der Waals surface area contributed by atoms with E-state index in [1.165, 1.54) is 0 Å². The van der Waals surface area contributed by atoms with E-state index >= 15 is 0 Å². The lowest BCUT2D eigenvalue weighted by atomic mass is 9.70. The van der Waals surface area contributed by atoms with Gasteiger partial charge < -0.3 is 10.5 Å². The Morgan fingerprint density at radius 3 is 2.44 bits per heavy atom. The molecule has 0 atom stereocenters. The van der Waals surface area contributed by atoms with E-state index in [-0.39, 0.29) is 12.2 Å². The molecule has 0 aromatic carbocycles. The minimum absolute atomic E-state index is 0.161. The molecule has 52 valence electrons. The summed E-state index contributed by atoms with van der Waals surface area (Å²) in [6.07, 6.45) is 1.44. The van der Waals surface area contributed by atoms with Crippen molar-refractivity contribution in [2.75, 3.05) is 13.3 Å². The number of fused-ring (bicyclic) bond motifs is 1. The molecule has 1 saturated carbocycles. The van der Waals surface area contributed by atoms with Gasteiger partial charge in [-0.2, -0.15) is 0 Å². The van der Waals surface area contributed by atoms with E-state index in [9.17, 15) is 4.39 Å². The lowest BCUT2D eigenvalue weighted by molar-refractivity contribution is -0.0220. The molecule has 2 aliphatic heterocycles. The fraction of sp³-hybridized carbons (Fsp3) is 1.00. The molecule has 1 aliphatic carbocycles. The van der Waals surface area contributed by atoms with Crippen LogP contribution >= 0.6 is 0 Å². The number of nitrogens with two attached hydrogens (primary N) is 1. The smallest absolute Gasteiger partial charge is 0.119 e. The average Bonchev–Trinajstić information content (AvgIpc) is 2.20. The molecule has 0 unspecified atom stereocenters. The Balaban J connectivity index is 2.12.